The van der Waals surface area contributed by atoms with Crippen LogP contribution in [0.4, 0.5) is 17.1 Å². The second kappa shape index (κ2) is 5.44. The van der Waals surface area contributed by atoms with Crippen LogP contribution in [0.5, 0.6) is 5.75 Å². The number of pyridine rings is 1. The maximum atomic E-state index is 6.21. The summed E-state index contributed by atoms with van der Waals surface area (Å²) in [5.74, 6) is 0.799. The Labute approximate surface area is 137 Å². The van der Waals surface area contributed by atoms with Crippen molar-refractivity contribution < 1.29 is 4.74 Å². The molecular formula is C18H15N3OS. The highest BCUT2D eigenvalue weighted by Crippen LogP contribution is 2.38. The van der Waals surface area contributed by atoms with E-state index in [1.165, 1.54) is 10.1 Å². The lowest BCUT2D eigenvalue weighted by molar-refractivity contribution is 0.415. The molecule has 0 amide bonds. The van der Waals surface area contributed by atoms with Crippen LogP contribution in [0.25, 0.3) is 21.0 Å². The number of aromatic nitrogens is 1. The predicted molar refractivity (Wildman–Crippen MR) is 97.8 cm³/mol. The summed E-state index contributed by atoms with van der Waals surface area (Å²) in [6.45, 7) is 0. The van der Waals surface area contributed by atoms with E-state index in [1.807, 2.05) is 30.3 Å². The molecule has 4 aromatic rings. The van der Waals surface area contributed by atoms with Crippen molar-refractivity contribution in [2.24, 2.45) is 0 Å². The topological polar surface area (TPSA) is 60.2 Å². The van der Waals surface area contributed by atoms with Crippen molar-refractivity contribution in [2.75, 3.05) is 18.2 Å². The van der Waals surface area contributed by atoms with Crippen LogP contribution < -0.4 is 15.8 Å². The fourth-order valence-electron chi connectivity index (χ4n) is 2.70. The zero-order valence-corrected chi connectivity index (χ0v) is 13.4. The minimum atomic E-state index is 0.626. The SMILES string of the molecule is COc1cccc(Nc2c(N)cnc3ccc4ccsc4c23)c1. The second-order valence-corrected chi connectivity index (χ2v) is 6.16. The fourth-order valence-corrected chi connectivity index (χ4v) is 3.65. The summed E-state index contributed by atoms with van der Waals surface area (Å²) in [5, 5.41) is 7.77. The molecule has 4 rings (SSSR count). The van der Waals surface area contributed by atoms with Crippen LogP contribution in [0, 0.1) is 0 Å². The highest BCUT2D eigenvalue weighted by atomic mass is 32.1. The number of nitrogens with zero attached hydrogens (tertiary/aromatic N) is 1. The Bertz CT molecular complexity index is 1010. The highest BCUT2D eigenvalue weighted by molar-refractivity contribution is 7.18. The number of benzene rings is 2. The Hall–Kier alpha value is -2.79. The van der Waals surface area contributed by atoms with Gasteiger partial charge in [-0.25, -0.2) is 0 Å². The first-order valence-electron chi connectivity index (χ1n) is 7.22. The molecule has 5 heteroatoms. The van der Waals surface area contributed by atoms with Gasteiger partial charge in [0.1, 0.15) is 5.75 Å². The smallest absolute Gasteiger partial charge is 0.120 e. The number of rotatable bonds is 3. The maximum absolute atomic E-state index is 6.21. The zero-order chi connectivity index (χ0) is 15.8. The summed E-state index contributed by atoms with van der Waals surface area (Å²) in [6, 6.07) is 14.0. The Balaban J connectivity index is 1.94. The van der Waals surface area contributed by atoms with Gasteiger partial charge < -0.3 is 15.8 Å². The van der Waals surface area contributed by atoms with E-state index in [2.05, 4.69) is 27.8 Å². The molecule has 23 heavy (non-hydrogen) atoms. The van der Waals surface area contributed by atoms with E-state index in [0.29, 0.717) is 5.69 Å². The molecule has 114 valence electrons. The minimum Gasteiger partial charge on any atom is -0.497 e. The van der Waals surface area contributed by atoms with Gasteiger partial charge in [0.25, 0.3) is 0 Å². The minimum absolute atomic E-state index is 0.626. The molecule has 0 saturated carbocycles. The monoisotopic (exact) mass is 321 g/mol. The molecule has 0 saturated heterocycles. The number of thiophene rings is 1. The van der Waals surface area contributed by atoms with E-state index >= 15 is 0 Å². The average molecular weight is 321 g/mol. The zero-order valence-electron chi connectivity index (χ0n) is 12.5. The molecule has 0 radical (unpaired) electrons. The van der Waals surface area contributed by atoms with E-state index in [4.69, 9.17) is 10.5 Å². The van der Waals surface area contributed by atoms with Gasteiger partial charge in [-0.1, -0.05) is 12.1 Å². The van der Waals surface area contributed by atoms with Crippen molar-refractivity contribution in [1.29, 1.82) is 0 Å². The average Bonchev–Trinajstić information content (AvgIpc) is 3.06. The Kier molecular flexibility index (Phi) is 3.28. The number of ether oxygens (including phenoxy) is 1. The van der Waals surface area contributed by atoms with Gasteiger partial charge in [0, 0.05) is 21.8 Å². The van der Waals surface area contributed by atoms with Crippen LogP contribution in [0.3, 0.4) is 0 Å². The van der Waals surface area contributed by atoms with Crippen LogP contribution >= 0.6 is 11.3 Å². The van der Waals surface area contributed by atoms with Crippen molar-refractivity contribution in [1.82, 2.24) is 4.98 Å². The summed E-state index contributed by atoms with van der Waals surface area (Å²) < 4.78 is 6.47. The third-order valence-corrected chi connectivity index (χ3v) is 4.77. The molecule has 2 aromatic carbocycles. The molecule has 4 nitrogen and oxygen atoms in total. The largest absolute Gasteiger partial charge is 0.497 e. The van der Waals surface area contributed by atoms with Crippen molar-refractivity contribution in [2.45, 2.75) is 0 Å². The Morgan fingerprint density at radius 3 is 2.96 bits per heavy atom. The van der Waals surface area contributed by atoms with E-state index < -0.39 is 0 Å². The van der Waals surface area contributed by atoms with Gasteiger partial charge >= 0.3 is 0 Å². The Morgan fingerprint density at radius 2 is 2.09 bits per heavy atom. The van der Waals surface area contributed by atoms with Gasteiger partial charge in [-0.2, -0.15) is 0 Å². The van der Waals surface area contributed by atoms with Crippen LogP contribution in [0.15, 0.2) is 54.0 Å². The molecule has 0 aliphatic heterocycles. The van der Waals surface area contributed by atoms with Crippen molar-refractivity contribution >= 4 is 49.4 Å². The second-order valence-electron chi connectivity index (χ2n) is 5.24. The highest BCUT2D eigenvalue weighted by Gasteiger charge is 2.12. The molecule has 2 heterocycles. The number of hydrogen-bond donors (Lipinski definition) is 2. The van der Waals surface area contributed by atoms with Gasteiger partial charge in [0.15, 0.2) is 0 Å². The van der Waals surface area contributed by atoms with Gasteiger partial charge in [-0.15, -0.1) is 11.3 Å². The molecule has 0 bridgehead atoms. The Morgan fingerprint density at radius 1 is 1.17 bits per heavy atom. The first-order valence-corrected chi connectivity index (χ1v) is 8.10. The van der Waals surface area contributed by atoms with E-state index in [0.717, 1.165) is 28.0 Å². The lowest BCUT2D eigenvalue weighted by Gasteiger charge is -2.13. The van der Waals surface area contributed by atoms with E-state index in [9.17, 15) is 0 Å². The third-order valence-electron chi connectivity index (χ3n) is 3.82. The predicted octanol–water partition coefficient (Wildman–Crippen LogP) is 4.78. The molecule has 3 N–H and O–H groups in total. The van der Waals surface area contributed by atoms with Crippen molar-refractivity contribution in [3.63, 3.8) is 0 Å². The summed E-state index contributed by atoms with van der Waals surface area (Å²) in [5.41, 5.74) is 9.58. The van der Waals surface area contributed by atoms with Crippen molar-refractivity contribution in [3.8, 4) is 5.75 Å². The number of hydrogen-bond acceptors (Lipinski definition) is 5. The summed E-state index contributed by atoms with van der Waals surface area (Å²) >= 11 is 1.70. The number of nitrogen functional groups attached to an aromatic ring is 1. The van der Waals surface area contributed by atoms with Gasteiger partial charge in [0.05, 0.1) is 30.2 Å². The molecule has 0 aliphatic carbocycles. The van der Waals surface area contributed by atoms with Crippen molar-refractivity contribution in [3.05, 3.63) is 54.0 Å². The number of nitrogens with one attached hydrogen (secondary N) is 1. The summed E-state index contributed by atoms with van der Waals surface area (Å²) in [7, 11) is 1.66. The molecule has 0 aliphatic rings. The quantitative estimate of drug-likeness (QED) is 0.570. The van der Waals surface area contributed by atoms with Crippen LogP contribution in [-0.4, -0.2) is 12.1 Å². The number of nitrogens with two attached hydrogens (primary N) is 1. The summed E-state index contributed by atoms with van der Waals surface area (Å²) in [6.07, 6.45) is 1.70. The first-order chi connectivity index (χ1) is 11.3. The molecule has 0 atom stereocenters. The van der Waals surface area contributed by atoms with E-state index in [-0.39, 0.29) is 0 Å². The normalized spacial score (nSPS) is 11.0. The van der Waals surface area contributed by atoms with Crippen LogP contribution in [0.2, 0.25) is 0 Å². The number of methoxy groups -OCH3 is 1. The molecule has 2 aromatic heterocycles. The van der Waals surface area contributed by atoms with Gasteiger partial charge in [-0.3, -0.25) is 4.98 Å². The standard InChI is InChI=1S/C18H15N3OS/c1-22-13-4-2-3-12(9-13)21-17-14(19)10-20-15-6-5-11-7-8-23-18(11)16(15)17/h2-10H,19H2,1H3,(H,20,21). The number of anilines is 3. The molecule has 0 spiro atoms. The molecule has 0 unspecified atom stereocenters. The van der Waals surface area contributed by atoms with Crippen LogP contribution in [-0.2, 0) is 0 Å². The number of fused-ring (bicyclic) bond motifs is 3. The lowest BCUT2D eigenvalue weighted by atomic mass is 10.1. The molecular weight excluding hydrogens is 306 g/mol. The van der Waals surface area contributed by atoms with E-state index in [1.54, 1.807) is 24.6 Å². The van der Waals surface area contributed by atoms with Gasteiger partial charge in [-0.05, 0) is 35.0 Å². The first kappa shape index (κ1) is 13.8. The third kappa shape index (κ3) is 2.35. The van der Waals surface area contributed by atoms with Gasteiger partial charge in [0.2, 0.25) is 0 Å². The lowest BCUT2D eigenvalue weighted by Crippen LogP contribution is -1.99. The fraction of sp³-hybridized carbons (Fsp3) is 0.0556. The maximum Gasteiger partial charge on any atom is 0.120 e. The molecule has 0 fully saturated rings. The van der Waals surface area contributed by atoms with Crippen LogP contribution in [0.1, 0.15) is 0 Å². The summed E-state index contributed by atoms with van der Waals surface area (Å²) in [4.78, 5) is 4.46.